The minimum absolute atomic E-state index is 0.0191. The third kappa shape index (κ3) is 6.85. The third-order valence-electron chi connectivity index (χ3n) is 7.14. The average Bonchev–Trinajstić information content (AvgIpc) is 3.76. The van der Waals surface area contributed by atoms with Gasteiger partial charge < -0.3 is 30.3 Å². The fraction of sp³-hybridized carbons (Fsp3) is 0.464. The van der Waals surface area contributed by atoms with E-state index in [2.05, 4.69) is 10.6 Å². The van der Waals surface area contributed by atoms with E-state index in [0.29, 0.717) is 5.69 Å². The Morgan fingerprint density at radius 1 is 1.12 bits per heavy atom. The smallest absolute Gasteiger partial charge is 0.416 e. The number of hydrogen-bond donors (Lipinski definition) is 3. The molecular formula is C28H33F3N4O5. The molecule has 40 heavy (non-hydrogen) atoms. The summed E-state index contributed by atoms with van der Waals surface area (Å²) >= 11 is 0. The van der Waals surface area contributed by atoms with Crippen molar-refractivity contribution in [2.45, 2.75) is 45.0 Å². The molecule has 4 rings (SSSR count). The first-order valence-electron chi connectivity index (χ1n) is 13.1. The van der Waals surface area contributed by atoms with Gasteiger partial charge in [0.2, 0.25) is 5.91 Å². The van der Waals surface area contributed by atoms with Crippen molar-refractivity contribution >= 4 is 29.2 Å². The maximum Gasteiger partial charge on any atom is 0.416 e. The Hall–Kier alpha value is -3.80. The molecule has 1 fully saturated rings. The van der Waals surface area contributed by atoms with Crippen LogP contribution in [0.2, 0.25) is 0 Å². The molecule has 9 nitrogen and oxygen atoms in total. The van der Waals surface area contributed by atoms with Crippen LogP contribution in [0, 0.1) is 11.8 Å². The highest BCUT2D eigenvalue weighted by Gasteiger charge is 2.35. The van der Waals surface area contributed by atoms with Gasteiger partial charge in [0.15, 0.2) is 0 Å². The number of likely N-dealkylation sites (N-methyl/N-ethyl adjacent to an activating group) is 1. The molecule has 0 saturated heterocycles. The van der Waals surface area contributed by atoms with E-state index in [0.717, 1.165) is 25.0 Å². The van der Waals surface area contributed by atoms with Crippen molar-refractivity contribution in [1.82, 2.24) is 9.80 Å². The highest BCUT2D eigenvalue weighted by atomic mass is 19.4. The van der Waals surface area contributed by atoms with Crippen molar-refractivity contribution in [1.29, 1.82) is 0 Å². The van der Waals surface area contributed by atoms with Crippen molar-refractivity contribution in [3.05, 3.63) is 53.6 Å². The number of urea groups is 1. The van der Waals surface area contributed by atoms with Gasteiger partial charge in [-0.25, -0.2) is 4.79 Å². The maximum absolute atomic E-state index is 13.5. The Labute approximate surface area is 230 Å². The van der Waals surface area contributed by atoms with E-state index in [-0.39, 0.29) is 60.3 Å². The Balaban J connectivity index is 1.52. The lowest BCUT2D eigenvalue weighted by molar-refractivity contribution is -0.137. The van der Waals surface area contributed by atoms with Crippen molar-refractivity contribution in [2.24, 2.45) is 11.8 Å². The number of aliphatic hydroxyl groups excluding tert-OH is 1. The van der Waals surface area contributed by atoms with Gasteiger partial charge >= 0.3 is 12.2 Å². The molecule has 0 radical (unpaired) electrons. The quantitative estimate of drug-likeness (QED) is 0.462. The summed E-state index contributed by atoms with van der Waals surface area (Å²) < 4.78 is 44.8. The molecular weight excluding hydrogens is 529 g/mol. The van der Waals surface area contributed by atoms with Crippen LogP contribution in [0.25, 0.3) is 0 Å². The molecule has 1 saturated carbocycles. The van der Waals surface area contributed by atoms with E-state index in [9.17, 15) is 32.7 Å². The number of carbonyl (C=O) groups is 3. The number of alkyl halides is 3. The van der Waals surface area contributed by atoms with Crippen LogP contribution in [0.4, 0.5) is 29.3 Å². The summed E-state index contributed by atoms with van der Waals surface area (Å²) in [5.41, 5.74) is 0.0712. The monoisotopic (exact) mass is 562 g/mol. The molecule has 216 valence electrons. The normalized spacial score (nSPS) is 20.0. The van der Waals surface area contributed by atoms with Crippen LogP contribution < -0.4 is 15.4 Å². The molecule has 12 heteroatoms. The Morgan fingerprint density at radius 2 is 1.77 bits per heavy atom. The molecule has 0 bridgehead atoms. The molecule has 0 spiro atoms. The van der Waals surface area contributed by atoms with Crippen LogP contribution in [-0.2, 0) is 11.0 Å². The summed E-state index contributed by atoms with van der Waals surface area (Å²) in [7, 11) is 1.53. The fourth-order valence-corrected chi connectivity index (χ4v) is 4.42. The van der Waals surface area contributed by atoms with E-state index < -0.39 is 29.9 Å². The first-order chi connectivity index (χ1) is 18.9. The van der Waals surface area contributed by atoms with Gasteiger partial charge in [0.05, 0.1) is 30.3 Å². The number of anilines is 2. The number of nitrogens with zero attached hydrogens (tertiary/aromatic N) is 2. The summed E-state index contributed by atoms with van der Waals surface area (Å²) in [6.45, 7) is 3.67. The lowest BCUT2D eigenvalue weighted by Gasteiger charge is -2.38. The summed E-state index contributed by atoms with van der Waals surface area (Å²) in [6.07, 6.45) is -3.39. The summed E-state index contributed by atoms with van der Waals surface area (Å²) in [4.78, 5) is 41.6. The second-order valence-corrected chi connectivity index (χ2v) is 10.5. The van der Waals surface area contributed by atoms with E-state index in [4.69, 9.17) is 4.74 Å². The Bertz CT molecular complexity index is 1250. The maximum atomic E-state index is 13.5. The zero-order valence-electron chi connectivity index (χ0n) is 22.5. The number of hydrogen-bond acceptors (Lipinski definition) is 5. The summed E-state index contributed by atoms with van der Waals surface area (Å²) in [5, 5.41) is 15.2. The second-order valence-electron chi connectivity index (χ2n) is 10.5. The minimum atomic E-state index is -4.48. The molecule has 2 aromatic carbocycles. The first-order valence-corrected chi connectivity index (χ1v) is 13.1. The minimum Gasteiger partial charge on any atom is -0.487 e. The van der Waals surface area contributed by atoms with E-state index in [1.54, 1.807) is 30.0 Å². The molecule has 3 atom stereocenters. The molecule has 2 aliphatic rings. The van der Waals surface area contributed by atoms with E-state index in [1.165, 1.54) is 24.1 Å². The van der Waals surface area contributed by atoms with Gasteiger partial charge in [-0.2, -0.15) is 13.2 Å². The van der Waals surface area contributed by atoms with Crippen LogP contribution in [0.1, 0.15) is 42.6 Å². The van der Waals surface area contributed by atoms with Gasteiger partial charge in [-0.15, -0.1) is 0 Å². The van der Waals surface area contributed by atoms with Gasteiger partial charge in [-0.3, -0.25) is 9.59 Å². The number of amides is 4. The fourth-order valence-electron chi connectivity index (χ4n) is 4.42. The van der Waals surface area contributed by atoms with Gasteiger partial charge in [0.25, 0.3) is 5.91 Å². The zero-order chi connectivity index (χ0) is 29.2. The van der Waals surface area contributed by atoms with Gasteiger partial charge in [0, 0.05) is 36.8 Å². The highest BCUT2D eigenvalue weighted by molar-refractivity contribution is 6.00. The summed E-state index contributed by atoms with van der Waals surface area (Å²) in [6, 6.07) is 7.91. The predicted molar refractivity (Wildman–Crippen MR) is 142 cm³/mol. The van der Waals surface area contributed by atoms with Crippen LogP contribution >= 0.6 is 0 Å². The summed E-state index contributed by atoms with van der Waals surface area (Å²) in [5.74, 6) is -0.460. The number of benzene rings is 2. The van der Waals surface area contributed by atoms with Crippen LogP contribution in [-0.4, -0.2) is 71.6 Å². The van der Waals surface area contributed by atoms with Crippen LogP contribution in [0.5, 0.6) is 5.75 Å². The first kappa shape index (κ1) is 29.2. The molecule has 1 heterocycles. The molecule has 4 amide bonds. The van der Waals surface area contributed by atoms with E-state index >= 15 is 0 Å². The molecule has 1 aliphatic carbocycles. The van der Waals surface area contributed by atoms with Crippen molar-refractivity contribution in [2.75, 3.05) is 37.4 Å². The molecule has 1 aliphatic heterocycles. The number of carbonyl (C=O) groups excluding carboxylic acids is 3. The van der Waals surface area contributed by atoms with Crippen molar-refractivity contribution < 1.29 is 37.4 Å². The topological polar surface area (TPSA) is 111 Å². The number of rotatable bonds is 7. The SMILES string of the molecule is C[C@H](CO)N1C[C@H](C)[C@@H](CN(C)C(=O)Nc2ccc(C(F)(F)F)cc2)Oc2ccc(NC(=O)C3CC3)cc2C1=O. The lowest BCUT2D eigenvalue weighted by Crippen LogP contribution is -2.50. The van der Waals surface area contributed by atoms with E-state index in [1.807, 2.05) is 6.92 Å². The number of aliphatic hydroxyl groups is 1. The number of halogens is 3. The lowest BCUT2D eigenvalue weighted by atomic mass is 9.99. The standard InChI is InChI=1S/C28H33F3N4O5/c1-16-13-35(17(2)15-36)26(38)22-12-21(32-25(37)18-4-5-18)10-11-23(22)40-24(16)14-34(3)27(39)33-20-8-6-19(7-9-20)28(29,30)31/h6-12,16-18,24,36H,4-5,13-15H2,1-3H3,(H,32,37)(H,33,39)/t16-,17+,24+/m0/s1. The molecule has 0 aromatic heterocycles. The van der Waals surface area contributed by atoms with Gasteiger partial charge in [0.1, 0.15) is 11.9 Å². The number of ether oxygens (including phenoxy) is 1. The van der Waals surface area contributed by atoms with Crippen LogP contribution in [0.15, 0.2) is 42.5 Å². The highest BCUT2D eigenvalue weighted by Crippen LogP contribution is 2.33. The van der Waals surface area contributed by atoms with Crippen molar-refractivity contribution in [3.63, 3.8) is 0 Å². The van der Waals surface area contributed by atoms with Gasteiger partial charge in [-0.1, -0.05) is 6.92 Å². The third-order valence-corrected chi connectivity index (χ3v) is 7.14. The van der Waals surface area contributed by atoms with Crippen LogP contribution in [0.3, 0.4) is 0 Å². The number of fused-ring (bicyclic) bond motifs is 1. The largest absolute Gasteiger partial charge is 0.487 e. The number of nitrogens with one attached hydrogen (secondary N) is 2. The molecule has 3 N–H and O–H groups in total. The molecule has 0 unspecified atom stereocenters. The Morgan fingerprint density at radius 3 is 2.38 bits per heavy atom. The average molecular weight is 563 g/mol. The molecule has 2 aromatic rings. The zero-order valence-corrected chi connectivity index (χ0v) is 22.5. The Kier molecular flexibility index (Phi) is 8.57. The van der Waals surface area contributed by atoms with Gasteiger partial charge in [-0.05, 0) is 62.2 Å². The second kappa shape index (κ2) is 11.7. The van der Waals surface area contributed by atoms with Crippen molar-refractivity contribution in [3.8, 4) is 5.75 Å². The predicted octanol–water partition coefficient (Wildman–Crippen LogP) is 4.44.